The fraction of sp³-hybridized carbons (Fsp3) is 0.462. The third-order valence-corrected chi connectivity index (χ3v) is 2.80. The number of hydrogen-bond donors (Lipinski definition) is 3. The van der Waals surface area contributed by atoms with E-state index in [4.69, 9.17) is 5.11 Å². The monoisotopic (exact) mass is 281 g/mol. The number of carbonyl (C=O) groups excluding carboxylic acids is 1. The summed E-state index contributed by atoms with van der Waals surface area (Å²) in [6, 6.07) is 3.65. The van der Waals surface area contributed by atoms with Gasteiger partial charge >= 0.3 is 12.0 Å². The van der Waals surface area contributed by atoms with E-state index in [1.54, 1.807) is 19.3 Å². The zero-order chi connectivity index (χ0) is 15.1. The number of aliphatic carboxylic acids is 1. The molecule has 1 aromatic heterocycles. The molecule has 1 rings (SSSR count). The van der Waals surface area contributed by atoms with Gasteiger partial charge in [0.15, 0.2) is 6.04 Å². The molecule has 0 bridgehead atoms. The van der Waals surface area contributed by atoms with Gasteiger partial charge in [0.1, 0.15) is 0 Å². The minimum Gasteiger partial charge on any atom is -0.480 e. The van der Waals surface area contributed by atoms with E-state index >= 15 is 0 Å². The highest BCUT2D eigenvalue weighted by Crippen LogP contribution is 1.99. The van der Waals surface area contributed by atoms with Crippen LogP contribution in [0.2, 0.25) is 0 Å². The molecule has 0 saturated heterocycles. The van der Waals surface area contributed by atoms with Crippen LogP contribution in [0.3, 0.4) is 0 Å². The first-order valence-corrected chi connectivity index (χ1v) is 6.24. The van der Waals surface area contributed by atoms with Crippen LogP contribution in [0.1, 0.15) is 12.6 Å². The molecular formula is C13H19N3O4. The van der Waals surface area contributed by atoms with Gasteiger partial charge in [-0.05, 0) is 19.1 Å². The summed E-state index contributed by atoms with van der Waals surface area (Å²) in [4.78, 5) is 28.2. The number of aliphatic hydroxyl groups is 1. The minimum absolute atomic E-state index is 0.398. The Morgan fingerprint density at radius 1 is 1.45 bits per heavy atom. The average Bonchev–Trinajstić information content (AvgIpc) is 2.42. The quantitative estimate of drug-likeness (QED) is 0.686. The summed E-state index contributed by atoms with van der Waals surface area (Å²) in [6.07, 6.45) is 1.07. The van der Waals surface area contributed by atoms with Gasteiger partial charge in [-0.25, -0.2) is 9.59 Å². The van der Waals surface area contributed by atoms with Crippen LogP contribution < -0.4 is 5.32 Å². The first-order chi connectivity index (χ1) is 9.41. The topological polar surface area (TPSA) is 103 Å². The number of carboxylic acids is 1. The summed E-state index contributed by atoms with van der Waals surface area (Å²) in [7, 11) is 1.55. The number of pyridine rings is 1. The average molecular weight is 281 g/mol. The van der Waals surface area contributed by atoms with Crippen molar-refractivity contribution in [1.29, 1.82) is 0 Å². The third kappa shape index (κ3) is 4.85. The van der Waals surface area contributed by atoms with Crippen molar-refractivity contribution in [1.82, 2.24) is 15.2 Å². The van der Waals surface area contributed by atoms with Crippen molar-refractivity contribution in [2.75, 3.05) is 13.6 Å². The maximum Gasteiger partial charge on any atom is 0.328 e. The van der Waals surface area contributed by atoms with Gasteiger partial charge in [-0.2, -0.15) is 0 Å². The molecule has 3 N–H and O–H groups in total. The molecule has 110 valence electrons. The molecule has 7 heteroatoms. The number of carbonyl (C=O) groups is 2. The van der Waals surface area contributed by atoms with E-state index in [1.165, 1.54) is 11.8 Å². The number of amides is 2. The number of rotatable bonds is 6. The lowest BCUT2D eigenvalue weighted by Gasteiger charge is -2.22. The van der Waals surface area contributed by atoms with E-state index in [0.717, 1.165) is 5.69 Å². The lowest BCUT2D eigenvalue weighted by molar-refractivity contribution is -0.141. The molecule has 2 unspecified atom stereocenters. The molecule has 0 radical (unpaired) electrons. The number of carboxylic acid groups (broad SMARTS) is 1. The molecule has 0 saturated carbocycles. The number of nitrogens with zero attached hydrogens (tertiary/aromatic N) is 2. The third-order valence-electron chi connectivity index (χ3n) is 2.80. The van der Waals surface area contributed by atoms with Crippen LogP contribution >= 0.6 is 0 Å². The highest BCUT2D eigenvalue weighted by molar-refractivity contribution is 5.82. The summed E-state index contributed by atoms with van der Waals surface area (Å²) in [5, 5.41) is 20.4. The van der Waals surface area contributed by atoms with Crippen molar-refractivity contribution < 1.29 is 19.8 Å². The minimum atomic E-state index is -1.32. The van der Waals surface area contributed by atoms with Crippen molar-refractivity contribution >= 4 is 12.0 Å². The summed E-state index contributed by atoms with van der Waals surface area (Å²) >= 11 is 0. The Labute approximate surface area is 117 Å². The van der Waals surface area contributed by atoms with Gasteiger partial charge in [0.2, 0.25) is 0 Å². The Bertz CT molecular complexity index is 450. The second-order valence-electron chi connectivity index (χ2n) is 4.50. The summed E-state index contributed by atoms with van der Waals surface area (Å²) in [5.74, 6) is -1.27. The molecule has 0 aliphatic rings. The molecule has 0 aliphatic carbocycles. The van der Waals surface area contributed by atoms with Gasteiger partial charge in [0, 0.05) is 31.9 Å². The SMILES string of the molecule is CC(O)C(NC(=O)N(C)CCc1ccccn1)C(=O)O. The smallest absolute Gasteiger partial charge is 0.328 e. The number of hydrogen-bond acceptors (Lipinski definition) is 4. The van der Waals surface area contributed by atoms with E-state index in [9.17, 15) is 14.7 Å². The van der Waals surface area contributed by atoms with Crippen molar-refractivity contribution in [3.63, 3.8) is 0 Å². The van der Waals surface area contributed by atoms with Crippen molar-refractivity contribution in [2.45, 2.75) is 25.5 Å². The van der Waals surface area contributed by atoms with E-state index in [-0.39, 0.29) is 0 Å². The summed E-state index contributed by atoms with van der Waals surface area (Å²) in [6.45, 7) is 1.71. The van der Waals surface area contributed by atoms with Gasteiger partial charge in [-0.15, -0.1) is 0 Å². The van der Waals surface area contributed by atoms with Crippen LogP contribution in [0.4, 0.5) is 4.79 Å². The van der Waals surface area contributed by atoms with Crippen LogP contribution in [0.25, 0.3) is 0 Å². The van der Waals surface area contributed by atoms with E-state index in [1.807, 2.05) is 12.1 Å². The highest BCUT2D eigenvalue weighted by Gasteiger charge is 2.26. The first kappa shape index (κ1) is 15.9. The van der Waals surface area contributed by atoms with E-state index in [0.29, 0.717) is 13.0 Å². The fourth-order valence-corrected chi connectivity index (χ4v) is 1.56. The molecule has 0 spiro atoms. The molecule has 7 nitrogen and oxygen atoms in total. The molecule has 0 aliphatic heterocycles. The normalized spacial score (nSPS) is 13.3. The Hall–Kier alpha value is -2.15. The van der Waals surface area contributed by atoms with Gasteiger partial charge in [0.05, 0.1) is 6.10 Å². The lowest BCUT2D eigenvalue weighted by Crippen LogP contribution is -2.51. The summed E-state index contributed by atoms with van der Waals surface area (Å²) in [5.41, 5.74) is 0.845. The van der Waals surface area contributed by atoms with Crippen molar-refractivity contribution in [3.05, 3.63) is 30.1 Å². The zero-order valence-electron chi connectivity index (χ0n) is 11.5. The largest absolute Gasteiger partial charge is 0.480 e. The number of aliphatic hydroxyl groups excluding tert-OH is 1. The van der Waals surface area contributed by atoms with Gasteiger partial charge in [-0.1, -0.05) is 6.07 Å². The first-order valence-electron chi connectivity index (χ1n) is 6.24. The molecule has 2 atom stereocenters. The number of urea groups is 1. The molecule has 1 aromatic rings. The molecule has 2 amide bonds. The summed E-state index contributed by atoms with van der Waals surface area (Å²) < 4.78 is 0. The van der Waals surface area contributed by atoms with E-state index in [2.05, 4.69) is 10.3 Å². The van der Waals surface area contributed by atoms with Crippen molar-refractivity contribution in [2.24, 2.45) is 0 Å². The van der Waals surface area contributed by atoms with Crippen LogP contribution in [-0.2, 0) is 11.2 Å². The fourth-order valence-electron chi connectivity index (χ4n) is 1.56. The number of likely N-dealkylation sites (N-methyl/N-ethyl adjacent to an activating group) is 1. The highest BCUT2D eigenvalue weighted by atomic mass is 16.4. The predicted molar refractivity (Wildman–Crippen MR) is 72.2 cm³/mol. The maximum absolute atomic E-state index is 11.8. The van der Waals surface area contributed by atoms with E-state index < -0.39 is 24.1 Å². The number of nitrogens with one attached hydrogen (secondary N) is 1. The maximum atomic E-state index is 11.8. The molecule has 1 heterocycles. The molecule has 20 heavy (non-hydrogen) atoms. The molecular weight excluding hydrogens is 262 g/mol. The van der Waals surface area contributed by atoms with Gasteiger partial charge in [-0.3, -0.25) is 4.98 Å². The van der Waals surface area contributed by atoms with Crippen molar-refractivity contribution in [3.8, 4) is 0 Å². The lowest BCUT2D eigenvalue weighted by atomic mass is 10.2. The number of aromatic nitrogens is 1. The standard InChI is InChI=1S/C13H19N3O4/c1-9(17)11(12(18)19)15-13(20)16(2)8-6-10-5-3-4-7-14-10/h3-5,7,9,11,17H,6,8H2,1-2H3,(H,15,20)(H,18,19). The Balaban J connectivity index is 2.48. The van der Waals surface area contributed by atoms with Crippen LogP contribution in [0, 0.1) is 0 Å². The Kier molecular flexibility index (Phi) is 5.92. The second kappa shape index (κ2) is 7.44. The van der Waals surface area contributed by atoms with Crippen LogP contribution in [0.15, 0.2) is 24.4 Å². The Morgan fingerprint density at radius 3 is 2.65 bits per heavy atom. The second-order valence-corrected chi connectivity index (χ2v) is 4.50. The molecule has 0 fully saturated rings. The predicted octanol–water partition coefficient (Wildman–Crippen LogP) is 0.0995. The van der Waals surface area contributed by atoms with Gasteiger partial charge < -0.3 is 20.4 Å². The van der Waals surface area contributed by atoms with Crippen LogP contribution in [-0.4, -0.2) is 57.8 Å². The molecule has 0 aromatic carbocycles. The zero-order valence-corrected chi connectivity index (χ0v) is 11.5. The Morgan fingerprint density at radius 2 is 2.15 bits per heavy atom. The van der Waals surface area contributed by atoms with Crippen LogP contribution in [0.5, 0.6) is 0 Å². The van der Waals surface area contributed by atoms with Gasteiger partial charge in [0.25, 0.3) is 0 Å².